The molecule has 0 aliphatic heterocycles. The van der Waals surface area contributed by atoms with E-state index in [1.807, 2.05) is 5.57 Å². The first kappa shape index (κ1) is 12.9. The lowest BCUT2D eigenvalue weighted by atomic mass is 9.75. The van der Waals surface area contributed by atoms with E-state index < -0.39 is 0 Å². The van der Waals surface area contributed by atoms with Gasteiger partial charge in [0.1, 0.15) is 0 Å². The van der Waals surface area contributed by atoms with Gasteiger partial charge in [0.25, 0.3) is 0 Å². The van der Waals surface area contributed by atoms with E-state index in [0.29, 0.717) is 5.41 Å². The van der Waals surface area contributed by atoms with Crippen LogP contribution in [0.5, 0.6) is 0 Å². The lowest BCUT2D eigenvalue weighted by Gasteiger charge is -2.29. The van der Waals surface area contributed by atoms with Gasteiger partial charge in [-0.25, -0.2) is 0 Å². The van der Waals surface area contributed by atoms with Crippen LogP contribution in [0, 0.1) is 35.0 Å². The van der Waals surface area contributed by atoms with Gasteiger partial charge in [0.15, 0.2) is 0 Å². The Morgan fingerprint density at radius 2 is 1.85 bits per heavy atom. The molecule has 0 heteroatoms. The lowest BCUT2D eigenvalue weighted by Crippen LogP contribution is -2.20. The van der Waals surface area contributed by atoms with Crippen LogP contribution in [0.4, 0.5) is 0 Å². The van der Waals surface area contributed by atoms with Crippen LogP contribution >= 0.6 is 0 Å². The average Bonchev–Trinajstić information content (AvgIpc) is 3.08. The summed E-state index contributed by atoms with van der Waals surface area (Å²) < 4.78 is 0. The smallest absolute Gasteiger partial charge is 0.00911 e. The van der Waals surface area contributed by atoms with Crippen molar-refractivity contribution in [3.63, 3.8) is 0 Å². The second-order valence-electron chi connectivity index (χ2n) is 8.76. The Kier molecular flexibility index (Phi) is 2.66. The molecule has 5 atom stereocenters. The van der Waals surface area contributed by atoms with Crippen LogP contribution in [-0.4, -0.2) is 0 Å². The highest BCUT2D eigenvalue weighted by Gasteiger charge is 2.46. The SMILES string of the molecule is CC1CC(C2CC3C=CC2C3)C2=C1C=C(C(C)(C)C)C2. The number of allylic oxidation sites excluding steroid dienone is 6. The van der Waals surface area contributed by atoms with E-state index in [1.54, 1.807) is 11.1 Å². The normalized spacial score (nSPS) is 42.6. The molecule has 4 rings (SSSR count). The van der Waals surface area contributed by atoms with Crippen LogP contribution in [-0.2, 0) is 0 Å². The van der Waals surface area contributed by atoms with E-state index in [4.69, 9.17) is 0 Å². The van der Waals surface area contributed by atoms with Gasteiger partial charge in [-0.1, -0.05) is 57.1 Å². The molecule has 0 saturated heterocycles. The van der Waals surface area contributed by atoms with E-state index in [2.05, 4.69) is 45.9 Å². The number of fused-ring (bicyclic) bond motifs is 2. The first-order chi connectivity index (χ1) is 9.43. The second kappa shape index (κ2) is 4.12. The minimum atomic E-state index is 0.350. The zero-order valence-corrected chi connectivity index (χ0v) is 13.4. The molecule has 0 N–H and O–H groups in total. The molecule has 0 amide bonds. The summed E-state index contributed by atoms with van der Waals surface area (Å²) in [5, 5.41) is 0. The molecule has 0 nitrogen and oxygen atoms in total. The monoisotopic (exact) mass is 268 g/mol. The van der Waals surface area contributed by atoms with E-state index >= 15 is 0 Å². The molecule has 1 fully saturated rings. The minimum Gasteiger partial charge on any atom is -0.0851 e. The number of hydrogen-bond donors (Lipinski definition) is 0. The third-order valence-electron chi connectivity index (χ3n) is 6.48. The van der Waals surface area contributed by atoms with Crippen LogP contribution in [0.15, 0.2) is 34.9 Å². The molecule has 5 unspecified atom stereocenters. The lowest BCUT2D eigenvalue weighted by molar-refractivity contribution is 0.303. The Labute approximate surface area is 124 Å². The third kappa shape index (κ3) is 1.80. The third-order valence-corrected chi connectivity index (χ3v) is 6.48. The van der Waals surface area contributed by atoms with Crippen LogP contribution in [0.2, 0.25) is 0 Å². The zero-order valence-electron chi connectivity index (χ0n) is 13.4. The Hall–Kier alpha value is -0.780. The van der Waals surface area contributed by atoms with Gasteiger partial charge in [0.05, 0.1) is 0 Å². The highest BCUT2D eigenvalue weighted by atomic mass is 14.5. The van der Waals surface area contributed by atoms with Gasteiger partial charge in [-0.05, 0) is 66.3 Å². The molecule has 1 saturated carbocycles. The summed E-state index contributed by atoms with van der Waals surface area (Å²) in [7, 11) is 0. The maximum Gasteiger partial charge on any atom is -0.00911 e. The Bertz CT molecular complexity index is 523. The predicted molar refractivity (Wildman–Crippen MR) is 85.3 cm³/mol. The summed E-state index contributed by atoms with van der Waals surface area (Å²) in [5.41, 5.74) is 5.60. The summed E-state index contributed by atoms with van der Waals surface area (Å²) in [6, 6.07) is 0. The minimum absolute atomic E-state index is 0.350. The summed E-state index contributed by atoms with van der Waals surface area (Å²) in [6.45, 7) is 9.59. The average molecular weight is 268 g/mol. The number of rotatable bonds is 1. The van der Waals surface area contributed by atoms with Crippen molar-refractivity contribution in [2.75, 3.05) is 0 Å². The Morgan fingerprint density at radius 1 is 1.05 bits per heavy atom. The molecule has 4 aliphatic carbocycles. The van der Waals surface area contributed by atoms with Gasteiger partial charge in [-0.2, -0.15) is 0 Å². The summed E-state index contributed by atoms with van der Waals surface area (Å²) in [4.78, 5) is 0. The van der Waals surface area contributed by atoms with E-state index in [9.17, 15) is 0 Å². The standard InChI is InChI=1S/C20H28/c1-12-7-18(17-9-13-5-6-14(17)8-13)19-11-15(10-16(12)19)20(2,3)4/h5-6,10,12-14,17-18H,7-9,11H2,1-4H3. The van der Waals surface area contributed by atoms with Crippen molar-refractivity contribution in [3.05, 3.63) is 34.9 Å². The van der Waals surface area contributed by atoms with Crippen molar-refractivity contribution >= 4 is 0 Å². The Balaban J connectivity index is 1.60. The van der Waals surface area contributed by atoms with Gasteiger partial charge in [-0.3, -0.25) is 0 Å². The van der Waals surface area contributed by atoms with Crippen molar-refractivity contribution in [1.29, 1.82) is 0 Å². The fourth-order valence-electron chi connectivity index (χ4n) is 5.29. The van der Waals surface area contributed by atoms with Crippen molar-refractivity contribution in [2.24, 2.45) is 35.0 Å². The maximum absolute atomic E-state index is 2.57. The van der Waals surface area contributed by atoms with Gasteiger partial charge in [-0.15, -0.1) is 0 Å². The maximum atomic E-state index is 2.57. The zero-order chi connectivity index (χ0) is 14.1. The molecule has 2 bridgehead atoms. The fourth-order valence-corrected chi connectivity index (χ4v) is 5.29. The predicted octanol–water partition coefficient (Wildman–Crippen LogP) is 5.53. The van der Waals surface area contributed by atoms with Crippen LogP contribution in [0.3, 0.4) is 0 Å². The van der Waals surface area contributed by atoms with Crippen LogP contribution < -0.4 is 0 Å². The van der Waals surface area contributed by atoms with Gasteiger partial charge < -0.3 is 0 Å². The van der Waals surface area contributed by atoms with E-state index in [0.717, 1.165) is 29.6 Å². The van der Waals surface area contributed by atoms with Crippen molar-refractivity contribution in [1.82, 2.24) is 0 Å². The van der Waals surface area contributed by atoms with Crippen molar-refractivity contribution < 1.29 is 0 Å². The molecule has 0 radical (unpaired) electrons. The molecule has 0 aromatic heterocycles. The molecule has 0 spiro atoms. The molecule has 0 aromatic carbocycles. The van der Waals surface area contributed by atoms with E-state index in [-0.39, 0.29) is 0 Å². The Morgan fingerprint density at radius 3 is 2.45 bits per heavy atom. The van der Waals surface area contributed by atoms with Crippen molar-refractivity contribution in [2.45, 2.75) is 53.4 Å². The quantitative estimate of drug-likeness (QED) is 0.549. The second-order valence-corrected chi connectivity index (χ2v) is 8.76. The first-order valence-corrected chi connectivity index (χ1v) is 8.56. The molecular weight excluding hydrogens is 240 g/mol. The van der Waals surface area contributed by atoms with Gasteiger partial charge in [0.2, 0.25) is 0 Å². The molecule has 0 aromatic rings. The molecule has 20 heavy (non-hydrogen) atoms. The first-order valence-electron chi connectivity index (χ1n) is 8.56. The summed E-state index contributed by atoms with van der Waals surface area (Å²) >= 11 is 0. The summed E-state index contributed by atoms with van der Waals surface area (Å²) in [5.74, 6) is 4.49. The van der Waals surface area contributed by atoms with Gasteiger partial charge in [0, 0.05) is 0 Å². The molecular formula is C20H28. The molecule has 108 valence electrons. The molecule has 4 aliphatic rings. The van der Waals surface area contributed by atoms with Crippen LogP contribution in [0.1, 0.15) is 53.4 Å². The molecule has 0 heterocycles. The highest BCUT2D eigenvalue weighted by molar-refractivity contribution is 5.47. The fraction of sp³-hybridized carbons (Fsp3) is 0.700. The highest BCUT2D eigenvalue weighted by Crippen LogP contribution is 2.57. The summed E-state index contributed by atoms with van der Waals surface area (Å²) in [6.07, 6.45) is 13.2. The largest absolute Gasteiger partial charge is 0.0851 e. The topological polar surface area (TPSA) is 0 Å². The number of hydrogen-bond acceptors (Lipinski definition) is 0. The van der Waals surface area contributed by atoms with Crippen molar-refractivity contribution in [3.8, 4) is 0 Å². The van der Waals surface area contributed by atoms with E-state index in [1.165, 1.54) is 25.7 Å². The van der Waals surface area contributed by atoms with Gasteiger partial charge >= 0.3 is 0 Å². The van der Waals surface area contributed by atoms with Crippen LogP contribution in [0.25, 0.3) is 0 Å².